The number of rotatable bonds is 6. The van der Waals surface area contributed by atoms with Gasteiger partial charge in [0.25, 0.3) is 11.6 Å². The SMILES string of the molecule is COc1ccc(NC(=O)COc2ccc([N+](=O)[O-])cc2)c2cccnc12. The number of hydrogen-bond acceptors (Lipinski definition) is 6. The highest BCUT2D eigenvalue weighted by Gasteiger charge is 2.11. The monoisotopic (exact) mass is 353 g/mol. The van der Waals surface area contributed by atoms with Crippen LogP contribution in [0.5, 0.6) is 11.5 Å². The maximum absolute atomic E-state index is 12.2. The summed E-state index contributed by atoms with van der Waals surface area (Å²) < 4.78 is 10.6. The van der Waals surface area contributed by atoms with Crippen molar-refractivity contribution >= 4 is 28.2 Å². The number of amides is 1. The van der Waals surface area contributed by atoms with Crippen molar-refractivity contribution in [3.63, 3.8) is 0 Å². The number of carbonyl (C=O) groups is 1. The lowest BCUT2D eigenvalue weighted by atomic mass is 10.1. The van der Waals surface area contributed by atoms with Gasteiger partial charge in [-0.1, -0.05) is 0 Å². The largest absolute Gasteiger partial charge is 0.494 e. The van der Waals surface area contributed by atoms with Crippen LogP contribution < -0.4 is 14.8 Å². The predicted molar refractivity (Wildman–Crippen MR) is 95.5 cm³/mol. The molecule has 3 aromatic rings. The standard InChI is InChI=1S/C18H15N3O5/c1-25-16-9-8-15(14-3-2-10-19-18(14)16)20-17(22)11-26-13-6-4-12(5-7-13)21(23)24/h2-10H,11H2,1H3,(H,20,22). The van der Waals surface area contributed by atoms with Crippen LogP contribution in [0.4, 0.5) is 11.4 Å². The number of carbonyl (C=O) groups excluding carboxylic acids is 1. The van der Waals surface area contributed by atoms with Crippen LogP contribution in [0.3, 0.4) is 0 Å². The van der Waals surface area contributed by atoms with Crippen molar-refractivity contribution in [2.24, 2.45) is 0 Å². The number of non-ortho nitro benzene ring substituents is 1. The Balaban J connectivity index is 1.69. The number of nitrogens with zero attached hydrogens (tertiary/aromatic N) is 2. The van der Waals surface area contributed by atoms with Gasteiger partial charge in [-0.2, -0.15) is 0 Å². The number of methoxy groups -OCH3 is 1. The summed E-state index contributed by atoms with van der Waals surface area (Å²) in [7, 11) is 1.56. The van der Waals surface area contributed by atoms with E-state index in [1.165, 1.54) is 24.3 Å². The first-order chi connectivity index (χ1) is 12.6. The molecule has 8 heteroatoms. The predicted octanol–water partition coefficient (Wildman–Crippen LogP) is 3.17. The van der Waals surface area contributed by atoms with Gasteiger partial charge < -0.3 is 14.8 Å². The highest BCUT2D eigenvalue weighted by Crippen LogP contribution is 2.29. The van der Waals surface area contributed by atoms with Crippen LogP contribution >= 0.6 is 0 Å². The van der Waals surface area contributed by atoms with E-state index in [1.54, 1.807) is 31.5 Å². The molecule has 0 aliphatic heterocycles. The maximum atomic E-state index is 12.2. The molecule has 1 N–H and O–H groups in total. The van der Waals surface area contributed by atoms with Crippen molar-refractivity contribution in [1.29, 1.82) is 0 Å². The number of ether oxygens (including phenoxy) is 2. The van der Waals surface area contributed by atoms with Gasteiger partial charge in [-0.25, -0.2) is 0 Å². The van der Waals surface area contributed by atoms with E-state index in [4.69, 9.17) is 9.47 Å². The molecule has 0 saturated heterocycles. The van der Waals surface area contributed by atoms with Gasteiger partial charge in [-0.15, -0.1) is 0 Å². The van der Waals surface area contributed by atoms with Crippen molar-refractivity contribution in [3.05, 3.63) is 64.8 Å². The first kappa shape index (κ1) is 17.2. The number of anilines is 1. The van der Waals surface area contributed by atoms with E-state index in [1.807, 2.05) is 6.07 Å². The molecule has 0 fully saturated rings. The van der Waals surface area contributed by atoms with Crippen LogP contribution in [0, 0.1) is 10.1 Å². The summed E-state index contributed by atoms with van der Waals surface area (Å²) in [6, 6.07) is 12.6. The number of pyridine rings is 1. The molecular weight excluding hydrogens is 338 g/mol. The Bertz CT molecular complexity index is 957. The number of aromatic nitrogens is 1. The van der Waals surface area contributed by atoms with Crippen LogP contribution in [0.2, 0.25) is 0 Å². The van der Waals surface area contributed by atoms with Gasteiger partial charge in [0.2, 0.25) is 0 Å². The average molecular weight is 353 g/mol. The van der Waals surface area contributed by atoms with Crippen LogP contribution in [0.15, 0.2) is 54.7 Å². The van der Waals surface area contributed by atoms with Gasteiger partial charge in [0.1, 0.15) is 17.0 Å². The molecule has 0 unspecified atom stereocenters. The zero-order valence-electron chi connectivity index (χ0n) is 13.8. The van der Waals surface area contributed by atoms with Gasteiger partial charge in [0.05, 0.1) is 17.7 Å². The van der Waals surface area contributed by atoms with Crippen molar-refractivity contribution < 1.29 is 19.2 Å². The maximum Gasteiger partial charge on any atom is 0.269 e. The molecule has 3 rings (SSSR count). The number of benzene rings is 2. The Morgan fingerprint density at radius 3 is 2.65 bits per heavy atom. The highest BCUT2D eigenvalue weighted by atomic mass is 16.6. The highest BCUT2D eigenvalue weighted by molar-refractivity contribution is 6.03. The van der Waals surface area contributed by atoms with E-state index in [0.717, 1.165) is 5.39 Å². The molecule has 8 nitrogen and oxygen atoms in total. The molecule has 1 aromatic heterocycles. The van der Waals surface area contributed by atoms with Gasteiger partial charge in [-0.3, -0.25) is 19.9 Å². The molecule has 0 saturated carbocycles. The summed E-state index contributed by atoms with van der Waals surface area (Å²) >= 11 is 0. The third kappa shape index (κ3) is 3.69. The van der Waals surface area contributed by atoms with E-state index >= 15 is 0 Å². The van der Waals surface area contributed by atoms with Gasteiger partial charge in [-0.05, 0) is 36.4 Å². The van der Waals surface area contributed by atoms with Gasteiger partial charge >= 0.3 is 0 Å². The fourth-order valence-corrected chi connectivity index (χ4v) is 2.42. The van der Waals surface area contributed by atoms with Crippen LogP contribution in [-0.4, -0.2) is 29.5 Å². The lowest BCUT2D eigenvalue weighted by Crippen LogP contribution is -2.20. The first-order valence-electron chi connectivity index (χ1n) is 7.67. The molecule has 2 aromatic carbocycles. The minimum Gasteiger partial charge on any atom is -0.494 e. The molecule has 26 heavy (non-hydrogen) atoms. The molecule has 132 valence electrons. The molecule has 1 heterocycles. The Morgan fingerprint density at radius 1 is 1.19 bits per heavy atom. The van der Waals surface area contributed by atoms with Crippen molar-refractivity contribution in [2.75, 3.05) is 19.0 Å². The number of nitro groups is 1. The molecule has 0 aliphatic rings. The molecule has 0 bridgehead atoms. The molecule has 0 aliphatic carbocycles. The van der Waals surface area contributed by atoms with Crippen molar-refractivity contribution in [3.8, 4) is 11.5 Å². The second kappa shape index (κ2) is 7.47. The third-order valence-corrected chi connectivity index (χ3v) is 3.64. The second-order valence-electron chi connectivity index (χ2n) is 5.30. The molecule has 0 spiro atoms. The van der Waals surface area contributed by atoms with Crippen LogP contribution in [-0.2, 0) is 4.79 Å². The lowest BCUT2D eigenvalue weighted by molar-refractivity contribution is -0.384. The normalized spacial score (nSPS) is 10.3. The Morgan fingerprint density at radius 2 is 1.96 bits per heavy atom. The summed E-state index contributed by atoms with van der Waals surface area (Å²) in [5, 5.41) is 14.1. The summed E-state index contributed by atoms with van der Waals surface area (Å²) in [4.78, 5) is 26.6. The van der Waals surface area contributed by atoms with E-state index in [0.29, 0.717) is 22.7 Å². The number of hydrogen-bond donors (Lipinski definition) is 1. The summed E-state index contributed by atoms with van der Waals surface area (Å²) in [6.07, 6.45) is 1.65. The second-order valence-corrected chi connectivity index (χ2v) is 5.30. The zero-order valence-corrected chi connectivity index (χ0v) is 13.8. The summed E-state index contributed by atoms with van der Waals surface area (Å²) in [5.74, 6) is 0.617. The first-order valence-corrected chi connectivity index (χ1v) is 7.67. The summed E-state index contributed by atoms with van der Waals surface area (Å²) in [5.41, 5.74) is 1.19. The van der Waals surface area contributed by atoms with E-state index < -0.39 is 4.92 Å². The van der Waals surface area contributed by atoms with Crippen LogP contribution in [0.1, 0.15) is 0 Å². The van der Waals surface area contributed by atoms with Crippen LogP contribution in [0.25, 0.3) is 10.9 Å². The van der Waals surface area contributed by atoms with Crippen molar-refractivity contribution in [1.82, 2.24) is 4.98 Å². The quantitative estimate of drug-likeness (QED) is 0.539. The Hall–Kier alpha value is -3.68. The van der Waals surface area contributed by atoms with Crippen molar-refractivity contribution in [2.45, 2.75) is 0 Å². The fourth-order valence-electron chi connectivity index (χ4n) is 2.42. The van der Waals surface area contributed by atoms with E-state index in [-0.39, 0.29) is 18.2 Å². The average Bonchev–Trinajstić information content (AvgIpc) is 2.67. The summed E-state index contributed by atoms with van der Waals surface area (Å²) in [6.45, 7) is -0.231. The van der Waals surface area contributed by atoms with E-state index in [9.17, 15) is 14.9 Å². The van der Waals surface area contributed by atoms with E-state index in [2.05, 4.69) is 10.3 Å². The molecule has 0 radical (unpaired) electrons. The molecule has 0 atom stereocenters. The molecule has 1 amide bonds. The minimum absolute atomic E-state index is 0.0426. The number of nitro benzene ring substituents is 1. The Labute approximate surface area is 148 Å². The Kier molecular flexibility index (Phi) is 4.93. The smallest absolute Gasteiger partial charge is 0.269 e. The fraction of sp³-hybridized carbons (Fsp3) is 0.111. The van der Waals surface area contributed by atoms with Gasteiger partial charge in [0, 0.05) is 23.7 Å². The third-order valence-electron chi connectivity index (χ3n) is 3.64. The number of fused-ring (bicyclic) bond motifs is 1. The molecular formula is C18H15N3O5. The minimum atomic E-state index is -0.501. The topological polar surface area (TPSA) is 104 Å². The zero-order chi connectivity index (χ0) is 18.5. The number of nitrogens with one attached hydrogen (secondary N) is 1. The lowest BCUT2D eigenvalue weighted by Gasteiger charge is -2.11. The van der Waals surface area contributed by atoms with Gasteiger partial charge in [0.15, 0.2) is 6.61 Å².